The number of nitrogen functional groups attached to an aromatic ring is 1. The van der Waals surface area contributed by atoms with Crippen molar-refractivity contribution in [3.8, 4) is 0 Å². The molecule has 3 N–H and O–H groups in total. The number of carbonyl (C=O) groups excluding carboxylic acids is 1. The summed E-state index contributed by atoms with van der Waals surface area (Å²) < 4.78 is 5.62. The first kappa shape index (κ1) is 14.6. The average Bonchev–Trinajstić information content (AvgIpc) is 3.22. The summed E-state index contributed by atoms with van der Waals surface area (Å²) in [5.41, 5.74) is 2.95. The molecule has 116 valence electrons. The first-order chi connectivity index (χ1) is 10.2. The Bertz CT molecular complexity index is 502. The molecule has 1 aromatic rings. The van der Waals surface area contributed by atoms with Crippen LogP contribution in [-0.4, -0.2) is 48.4 Å². The van der Waals surface area contributed by atoms with E-state index in [9.17, 15) is 4.79 Å². The van der Waals surface area contributed by atoms with Gasteiger partial charge in [-0.2, -0.15) is 0 Å². The molecule has 1 amide bonds. The van der Waals surface area contributed by atoms with Gasteiger partial charge in [-0.1, -0.05) is 0 Å². The molecule has 2 heterocycles. The largest absolute Gasteiger partial charge is 0.454 e. The topological polar surface area (TPSA) is 74.7 Å². The fourth-order valence-corrected chi connectivity index (χ4v) is 2.93. The lowest BCUT2D eigenvalue weighted by Crippen LogP contribution is -2.46. The van der Waals surface area contributed by atoms with Gasteiger partial charge in [-0.15, -0.1) is 0 Å². The molecule has 6 nitrogen and oxygen atoms in total. The van der Waals surface area contributed by atoms with Gasteiger partial charge in [0, 0.05) is 38.3 Å². The van der Waals surface area contributed by atoms with Crippen LogP contribution in [0, 0.1) is 12.8 Å². The predicted molar refractivity (Wildman–Crippen MR) is 79.5 cm³/mol. The Hall–Kier alpha value is -1.37. The second-order valence-corrected chi connectivity index (χ2v) is 6.22. The molecule has 1 aliphatic carbocycles. The average molecular weight is 292 g/mol. The van der Waals surface area contributed by atoms with Crippen LogP contribution in [-0.2, 0) is 6.54 Å². The molecular weight excluding hydrogens is 268 g/mol. The summed E-state index contributed by atoms with van der Waals surface area (Å²) in [6.07, 6.45) is 2.83. The van der Waals surface area contributed by atoms with Crippen LogP contribution in [0.15, 0.2) is 10.5 Å². The van der Waals surface area contributed by atoms with Crippen molar-refractivity contribution in [2.24, 2.45) is 11.8 Å². The van der Waals surface area contributed by atoms with E-state index in [0.717, 1.165) is 50.0 Å². The van der Waals surface area contributed by atoms with E-state index >= 15 is 0 Å². The third kappa shape index (κ3) is 3.64. The van der Waals surface area contributed by atoms with Gasteiger partial charge in [-0.25, -0.2) is 5.84 Å². The summed E-state index contributed by atoms with van der Waals surface area (Å²) in [5.74, 6) is 6.90. The van der Waals surface area contributed by atoms with E-state index < -0.39 is 0 Å². The van der Waals surface area contributed by atoms with Crippen molar-refractivity contribution in [2.75, 3.05) is 32.7 Å². The molecule has 0 radical (unpaired) electrons. The minimum atomic E-state index is -0.368. The number of nitrogens with one attached hydrogen (secondary N) is 1. The van der Waals surface area contributed by atoms with Gasteiger partial charge in [0.05, 0.1) is 6.54 Å². The molecule has 21 heavy (non-hydrogen) atoms. The molecule has 0 aromatic carbocycles. The zero-order chi connectivity index (χ0) is 14.8. The normalized spacial score (nSPS) is 20.7. The van der Waals surface area contributed by atoms with Gasteiger partial charge in [0.2, 0.25) is 0 Å². The molecule has 0 spiro atoms. The first-order valence-corrected chi connectivity index (χ1v) is 7.70. The summed E-state index contributed by atoms with van der Waals surface area (Å²) in [7, 11) is 0. The van der Waals surface area contributed by atoms with Gasteiger partial charge in [0.25, 0.3) is 0 Å². The number of hydrazine groups is 1. The number of aryl methyl sites for hydroxylation is 1. The van der Waals surface area contributed by atoms with Gasteiger partial charge in [0.1, 0.15) is 5.76 Å². The molecule has 2 fully saturated rings. The molecule has 0 bridgehead atoms. The Morgan fingerprint density at radius 3 is 2.62 bits per heavy atom. The molecule has 3 rings (SSSR count). The summed E-state index contributed by atoms with van der Waals surface area (Å²) in [6.45, 7) is 8.28. The van der Waals surface area contributed by atoms with E-state index in [1.807, 2.05) is 13.0 Å². The molecular formula is C15H24N4O2. The number of furan rings is 1. The highest BCUT2D eigenvalue weighted by atomic mass is 16.4. The van der Waals surface area contributed by atoms with E-state index in [1.165, 1.54) is 19.4 Å². The number of piperazine rings is 1. The molecule has 0 unspecified atom stereocenters. The molecule has 6 heteroatoms. The van der Waals surface area contributed by atoms with Gasteiger partial charge >= 0.3 is 5.91 Å². The molecule has 1 aliphatic heterocycles. The van der Waals surface area contributed by atoms with Crippen molar-refractivity contribution in [2.45, 2.75) is 26.3 Å². The van der Waals surface area contributed by atoms with Crippen molar-refractivity contribution >= 4 is 5.91 Å². The lowest BCUT2D eigenvalue weighted by atomic mass is 10.2. The molecule has 2 aliphatic rings. The number of amides is 1. The van der Waals surface area contributed by atoms with Crippen LogP contribution in [0.2, 0.25) is 0 Å². The van der Waals surface area contributed by atoms with Crippen LogP contribution in [0.5, 0.6) is 0 Å². The Morgan fingerprint density at radius 2 is 2.00 bits per heavy atom. The SMILES string of the molecule is Cc1cc(CN2CCN(CC3CC3)CC2)oc1C(=O)NN. The van der Waals surface area contributed by atoms with Gasteiger partial charge < -0.3 is 9.32 Å². The zero-order valence-electron chi connectivity index (χ0n) is 12.6. The third-order valence-electron chi connectivity index (χ3n) is 4.36. The smallest absolute Gasteiger partial charge is 0.301 e. The summed E-state index contributed by atoms with van der Waals surface area (Å²) in [4.78, 5) is 16.5. The lowest BCUT2D eigenvalue weighted by molar-refractivity contribution is 0.0914. The van der Waals surface area contributed by atoms with Gasteiger partial charge in [0.15, 0.2) is 5.76 Å². The van der Waals surface area contributed by atoms with E-state index in [4.69, 9.17) is 10.3 Å². The van der Waals surface area contributed by atoms with Crippen molar-refractivity contribution in [3.05, 3.63) is 23.2 Å². The zero-order valence-corrected chi connectivity index (χ0v) is 12.6. The maximum atomic E-state index is 11.5. The van der Waals surface area contributed by atoms with Crippen molar-refractivity contribution in [1.82, 2.24) is 15.2 Å². The first-order valence-electron chi connectivity index (χ1n) is 7.70. The van der Waals surface area contributed by atoms with Crippen LogP contribution in [0.4, 0.5) is 0 Å². The highest BCUT2D eigenvalue weighted by Crippen LogP contribution is 2.30. The summed E-state index contributed by atoms with van der Waals surface area (Å²) in [5, 5.41) is 0. The van der Waals surface area contributed by atoms with Gasteiger partial charge in [-0.3, -0.25) is 15.1 Å². The van der Waals surface area contributed by atoms with Crippen molar-refractivity contribution in [3.63, 3.8) is 0 Å². The number of hydrogen-bond acceptors (Lipinski definition) is 5. The molecule has 1 saturated carbocycles. The fourth-order valence-electron chi connectivity index (χ4n) is 2.93. The molecule has 0 atom stereocenters. The molecule has 1 aromatic heterocycles. The van der Waals surface area contributed by atoms with Crippen molar-refractivity contribution < 1.29 is 9.21 Å². The highest BCUT2D eigenvalue weighted by Gasteiger charge is 2.26. The highest BCUT2D eigenvalue weighted by molar-refractivity contribution is 5.92. The monoisotopic (exact) mass is 292 g/mol. The summed E-state index contributed by atoms with van der Waals surface area (Å²) in [6, 6.07) is 1.93. The third-order valence-corrected chi connectivity index (χ3v) is 4.36. The Balaban J connectivity index is 1.51. The number of nitrogens with zero attached hydrogens (tertiary/aromatic N) is 2. The Morgan fingerprint density at radius 1 is 1.33 bits per heavy atom. The van der Waals surface area contributed by atoms with Gasteiger partial charge in [-0.05, 0) is 31.7 Å². The Kier molecular flexibility index (Phi) is 4.28. The van der Waals surface area contributed by atoms with Crippen LogP contribution < -0.4 is 11.3 Å². The van der Waals surface area contributed by atoms with Crippen LogP contribution in [0.25, 0.3) is 0 Å². The molecule has 1 saturated heterocycles. The minimum absolute atomic E-state index is 0.319. The van der Waals surface area contributed by atoms with Crippen LogP contribution >= 0.6 is 0 Å². The quantitative estimate of drug-likeness (QED) is 0.475. The van der Waals surface area contributed by atoms with Crippen LogP contribution in [0.1, 0.15) is 34.7 Å². The lowest BCUT2D eigenvalue weighted by Gasteiger charge is -2.34. The Labute approximate surface area is 125 Å². The number of nitrogens with two attached hydrogens (primary N) is 1. The maximum Gasteiger partial charge on any atom is 0.301 e. The van der Waals surface area contributed by atoms with E-state index in [2.05, 4.69) is 15.2 Å². The summed E-state index contributed by atoms with van der Waals surface area (Å²) >= 11 is 0. The van der Waals surface area contributed by atoms with Crippen LogP contribution in [0.3, 0.4) is 0 Å². The van der Waals surface area contributed by atoms with E-state index in [0.29, 0.717) is 5.76 Å². The van der Waals surface area contributed by atoms with Crippen molar-refractivity contribution in [1.29, 1.82) is 0 Å². The second kappa shape index (κ2) is 6.17. The van der Waals surface area contributed by atoms with E-state index in [-0.39, 0.29) is 5.91 Å². The maximum absolute atomic E-state index is 11.5. The second-order valence-electron chi connectivity index (χ2n) is 6.22. The number of hydrogen-bond donors (Lipinski definition) is 2. The number of carbonyl (C=O) groups is 1. The minimum Gasteiger partial charge on any atom is -0.454 e. The predicted octanol–water partition coefficient (Wildman–Crippen LogP) is 0.719. The number of rotatable bonds is 5. The fraction of sp³-hybridized carbons (Fsp3) is 0.667. The standard InChI is InChI=1S/C15H24N4O2/c1-11-8-13(21-14(11)15(20)17-16)10-19-6-4-18(5-7-19)9-12-2-3-12/h8,12H,2-7,9-10,16H2,1H3,(H,17,20). The van der Waals surface area contributed by atoms with E-state index in [1.54, 1.807) is 0 Å².